The second-order valence-electron chi connectivity index (χ2n) is 6.31. The highest BCUT2D eigenvalue weighted by atomic mass is 32.1. The molecule has 1 aromatic heterocycles. The summed E-state index contributed by atoms with van der Waals surface area (Å²) >= 11 is 1.53. The zero-order valence-electron chi connectivity index (χ0n) is 14.3. The minimum absolute atomic E-state index is 0.0173. The molecule has 1 aliphatic rings. The Kier molecular flexibility index (Phi) is 4.19. The number of nitrogens with one attached hydrogen (secondary N) is 2. The summed E-state index contributed by atoms with van der Waals surface area (Å²) in [6, 6.07) is 12.3. The number of hydrogen-bond acceptors (Lipinski definition) is 4. The number of hydrogen-bond donors (Lipinski definition) is 2. The van der Waals surface area contributed by atoms with Gasteiger partial charge in [-0.3, -0.25) is 4.79 Å². The van der Waals surface area contributed by atoms with Gasteiger partial charge in [-0.1, -0.05) is 18.2 Å². The fourth-order valence-corrected chi connectivity index (χ4v) is 4.37. The van der Waals surface area contributed by atoms with Crippen molar-refractivity contribution in [1.82, 2.24) is 10.6 Å². The Labute approximate surface area is 150 Å². The van der Waals surface area contributed by atoms with Crippen molar-refractivity contribution in [3.63, 3.8) is 0 Å². The van der Waals surface area contributed by atoms with Crippen molar-refractivity contribution in [3.05, 3.63) is 63.5 Å². The van der Waals surface area contributed by atoms with E-state index in [4.69, 9.17) is 4.74 Å². The topological polar surface area (TPSA) is 50.4 Å². The Morgan fingerprint density at radius 3 is 2.88 bits per heavy atom. The van der Waals surface area contributed by atoms with Gasteiger partial charge in [0, 0.05) is 24.3 Å². The molecule has 0 saturated heterocycles. The second-order valence-corrected chi connectivity index (χ2v) is 7.36. The lowest BCUT2D eigenvalue weighted by atomic mass is 10.1. The molecule has 0 radical (unpaired) electrons. The third kappa shape index (κ3) is 3.01. The van der Waals surface area contributed by atoms with Gasteiger partial charge in [0.2, 0.25) is 0 Å². The predicted octanol–water partition coefficient (Wildman–Crippen LogP) is 3.75. The van der Waals surface area contributed by atoms with Gasteiger partial charge in [-0.2, -0.15) is 0 Å². The van der Waals surface area contributed by atoms with Crippen LogP contribution in [0, 0.1) is 6.92 Å². The summed E-state index contributed by atoms with van der Waals surface area (Å²) in [7, 11) is 1.66. The normalized spacial score (nSPS) is 13.0. The first kappa shape index (κ1) is 16.1. The van der Waals surface area contributed by atoms with E-state index in [0.29, 0.717) is 6.54 Å². The van der Waals surface area contributed by atoms with Crippen LogP contribution in [-0.4, -0.2) is 13.0 Å². The molecule has 3 aromatic rings. The highest BCUT2D eigenvalue weighted by Crippen LogP contribution is 2.33. The quantitative estimate of drug-likeness (QED) is 0.752. The molecule has 2 aromatic carbocycles. The van der Waals surface area contributed by atoms with Crippen LogP contribution < -0.4 is 15.4 Å². The maximum Gasteiger partial charge on any atom is 0.261 e. The molecule has 0 saturated carbocycles. The fraction of sp³-hybridized carbons (Fsp3) is 0.250. The van der Waals surface area contributed by atoms with Crippen LogP contribution in [0.3, 0.4) is 0 Å². The third-order valence-corrected chi connectivity index (χ3v) is 5.98. The molecule has 4 rings (SSSR count). The molecule has 0 atom stereocenters. The summed E-state index contributed by atoms with van der Waals surface area (Å²) in [5.41, 5.74) is 4.83. The molecular weight excluding hydrogens is 332 g/mol. The summed E-state index contributed by atoms with van der Waals surface area (Å²) in [5.74, 6) is 0.795. The Balaban J connectivity index is 1.53. The third-order valence-electron chi connectivity index (χ3n) is 4.70. The van der Waals surface area contributed by atoms with Crippen molar-refractivity contribution in [2.75, 3.05) is 7.11 Å². The molecule has 2 N–H and O–H groups in total. The van der Waals surface area contributed by atoms with E-state index >= 15 is 0 Å². The highest BCUT2D eigenvalue weighted by Gasteiger charge is 2.16. The average molecular weight is 352 g/mol. The molecule has 0 spiro atoms. The van der Waals surface area contributed by atoms with Gasteiger partial charge < -0.3 is 15.4 Å². The second kappa shape index (κ2) is 6.50. The number of amides is 1. The summed E-state index contributed by atoms with van der Waals surface area (Å²) in [6.45, 7) is 4.39. The molecule has 1 amide bonds. The number of carbonyl (C=O) groups excluding carboxylic acids is 1. The van der Waals surface area contributed by atoms with E-state index in [9.17, 15) is 4.79 Å². The molecule has 0 aliphatic carbocycles. The van der Waals surface area contributed by atoms with Crippen molar-refractivity contribution >= 4 is 27.3 Å². The van der Waals surface area contributed by atoms with Gasteiger partial charge in [-0.25, -0.2) is 0 Å². The number of methoxy groups -OCH3 is 1. The van der Waals surface area contributed by atoms with Crippen molar-refractivity contribution < 1.29 is 9.53 Å². The number of benzene rings is 2. The maximum absolute atomic E-state index is 12.7. The number of rotatable bonds is 4. The first-order valence-electron chi connectivity index (χ1n) is 8.32. The molecule has 0 bridgehead atoms. The van der Waals surface area contributed by atoms with Gasteiger partial charge in [-0.05, 0) is 52.8 Å². The molecule has 128 valence electrons. The Morgan fingerprint density at radius 1 is 1.20 bits per heavy atom. The van der Waals surface area contributed by atoms with Gasteiger partial charge >= 0.3 is 0 Å². The van der Waals surface area contributed by atoms with Crippen LogP contribution in [0.2, 0.25) is 0 Å². The van der Waals surface area contributed by atoms with Crippen LogP contribution in [0.1, 0.15) is 31.9 Å². The van der Waals surface area contributed by atoms with E-state index in [2.05, 4.69) is 28.8 Å². The lowest BCUT2D eigenvalue weighted by Crippen LogP contribution is -2.22. The van der Waals surface area contributed by atoms with E-state index in [1.807, 2.05) is 25.1 Å². The molecule has 1 aliphatic heterocycles. The number of fused-ring (bicyclic) bond motifs is 2. The van der Waals surface area contributed by atoms with Crippen LogP contribution >= 0.6 is 11.3 Å². The molecule has 4 nitrogen and oxygen atoms in total. The first-order valence-corrected chi connectivity index (χ1v) is 9.14. The molecule has 5 heteroatoms. The first-order chi connectivity index (χ1) is 12.2. The molecule has 25 heavy (non-hydrogen) atoms. The van der Waals surface area contributed by atoms with E-state index in [1.54, 1.807) is 7.11 Å². The van der Waals surface area contributed by atoms with Crippen LogP contribution in [0.25, 0.3) is 10.1 Å². The van der Waals surface area contributed by atoms with Gasteiger partial charge in [0.1, 0.15) is 5.75 Å². The summed E-state index contributed by atoms with van der Waals surface area (Å²) in [4.78, 5) is 13.4. The zero-order chi connectivity index (χ0) is 17.4. The van der Waals surface area contributed by atoms with Crippen molar-refractivity contribution in [2.24, 2.45) is 0 Å². The monoisotopic (exact) mass is 352 g/mol. The average Bonchev–Trinajstić information content (AvgIpc) is 3.23. The SMILES string of the molecule is COc1ccc2sc(C(=O)NCc3ccc4c(c3)CNC4)c(C)c2c1. The van der Waals surface area contributed by atoms with Crippen molar-refractivity contribution in [3.8, 4) is 5.75 Å². The van der Waals surface area contributed by atoms with Gasteiger partial charge in [0.05, 0.1) is 12.0 Å². The predicted molar refractivity (Wildman–Crippen MR) is 101 cm³/mol. The largest absolute Gasteiger partial charge is 0.497 e. The minimum Gasteiger partial charge on any atom is -0.497 e. The lowest BCUT2D eigenvalue weighted by molar-refractivity contribution is 0.0954. The maximum atomic E-state index is 12.7. The number of carbonyl (C=O) groups is 1. The van der Waals surface area contributed by atoms with Crippen LogP contribution in [-0.2, 0) is 19.6 Å². The summed E-state index contributed by atoms with van der Waals surface area (Å²) in [6.07, 6.45) is 0. The van der Waals surface area contributed by atoms with Crippen molar-refractivity contribution in [2.45, 2.75) is 26.6 Å². The molecule has 0 unspecified atom stereocenters. The summed E-state index contributed by atoms with van der Waals surface area (Å²) in [5, 5.41) is 7.48. The number of thiophene rings is 1. The van der Waals surface area contributed by atoms with E-state index in [1.165, 1.54) is 22.5 Å². The Bertz CT molecular complexity index is 962. The molecular formula is C20H20N2O2S. The smallest absolute Gasteiger partial charge is 0.261 e. The van der Waals surface area contributed by atoms with Gasteiger partial charge in [0.25, 0.3) is 5.91 Å². The lowest BCUT2D eigenvalue weighted by Gasteiger charge is -2.07. The summed E-state index contributed by atoms with van der Waals surface area (Å²) < 4.78 is 6.39. The highest BCUT2D eigenvalue weighted by molar-refractivity contribution is 7.21. The van der Waals surface area contributed by atoms with Crippen LogP contribution in [0.5, 0.6) is 5.75 Å². The van der Waals surface area contributed by atoms with E-state index in [0.717, 1.165) is 44.9 Å². The van der Waals surface area contributed by atoms with Crippen LogP contribution in [0.15, 0.2) is 36.4 Å². The fourth-order valence-electron chi connectivity index (χ4n) is 3.26. The van der Waals surface area contributed by atoms with E-state index < -0.39 is 0 Å². The van der Waals surface area contributed by atoms with E-state index in [-0.39, 0.29) is 5.91 Å². The van der Waals surface area contributed by atoms with Crippen molar-refractivity contribution in [1.29, 1.82) is 0 Å². The number of aryl methyl sites for hydroxylation is 1. The number of ether oxygens (including phenoxy) is 1. The van der Waals surface area contributed by atoms with Gasteiger partial charge in [-0.15, -0.1) is 11.3 Å². The Hall–Kier alpha value is -2.37. The zero-order valence-corrected chi connectivity index (χ0v) is 15.1. The molecule has 2 heterocycles. The standard InChI is InChI=1S/C20H20N2O2S/c1-12-17-8-16(24-2)5-6-18(17)25-19(12)20(23)22-9-13-3-4-14-10-21-11-15(14)7-13/h3-8,21H,9-11H2,1-2H3,(H,22,23). The van der Waals surface area contributed by atoms with Gasteiger partial charge in [0.15, 0.2) is 0 Å². The molecule has 0 fully saturated rings. The Morgan fingerprint density at radius 2 is 2.04 bits per heavy atom. The minimum atomic E-state index is -0.0173. The van der Waals surface area contributed by atoms with Crippen LogP contribution in [0.4, 0.5) is 0 Å².